The van der Waals surface area contributed by atoms with E-state index in [4.69, 9.17) is 5.73 Å². The predicted molar refractivity (Wildman–Crippen MR) is 151 cm³/mol. The number of fused-ring (bicyclic) bond motifs is 6. The zero-order valence-corrected chi connectivity index (χ0v) is 20.0. The van der Waals surface area contributed by atoms with Crippen molar-refractivity contribution in [3.63, 3.8) is 0 Å². The lowest BCUT2D eigenvalue weighted by Gasteiger charge is -2.15. The molecule has 0 aliphatic heterocycles. The normalized spacial score (nSPS) is 12.7. The summed E-state index contributed by atoms with van der Waals surface area (Å²) in [5.41, 5.74) is 12.7. The molecule has 3 heteroatoms. The summed E-state index contributed by atoms with van der Waals surface area (Å²) in [7, 11) is 0. The lowest BCUT2D eigenvalue weighted by Crippen LogP contribution is -2.13. The van der Waals surface area contributed by atoms with Gasteiger partial charge in [0.05, 0.1) is 11.0 Å². The van der Waals surface area contributed by atoms with Crippen LogP contribution in [0.3, 0.4) is 0 Å². The molecular weight excluding hydrogens is 444 g/mol. The molecule has 0 spiro atoms. The van der Waals surface area contributed by atoms with Crippen LogP contribution in [-0.2, 0) is 6.42 Å². The molecule has 2 heterocycles. The molecule has 2 aromatic heterocycles. The van der Waals surface area contributed by atoms with Crippen molar-refractivity contribution in [2.45, 2.75) is 12.5 Å². The highest BCUT2D eigenvalue weighted by atomic mass is 32.1. The third-order valence-corrected chi connectivity index (χ3v) is 8.16. The molecule has 7 rings (SSSR count). The number of aromatic nitrogens is 1. The van der Waals surface area contributed by atoms with Crippen LogP contribution in [-0.4, -0.2) is 4.57 Å². The minimum atomic E-state index is -0.0574. The monoisotopic (exact) mass is 468 g/mol. The van der Waals surface area contributed by atoms with Crippen LogP contribution >= 0.6 is 11.3 Å². The van der Waals surface area contributed by atoms with Crippen LogP contribution in [0.1, 0.15) is 17.2 Å². The molecule has 0 fully saturated rings. The lowest BCUT2D eigenvalue weighted by molar-refractivity contribution is 0.721. The molecule has 1 atom stereocenters. The fourth-order valence-electron chi connectivity index (χ4n) is 5.35. The molecule has 2 nitrogen and oxygen atoms in total. The molecule has 7 aromatic rings. The van der Waals surface area contributed by atoms with E-state index in [1.54, 1.807) is 0 Å². The van der Waals surface area contributed by atoms with Gasteiger partial charge in [-0.25, -0.2) is 0 Å². The Labute approximate surface area is 207 Å². The van der Waals surface area contributed by atoms with Crippen molar-refractivity contribution < 1.29 is 0 Å². The Morgan fingerprint density at radius 2 is 1.37 bits per heavy atom. The fourth-order valence-corrected chi connectivity index (χ4v) is 6.47. The first-order valence-corrected chi connectivity index (χ1v) is 12.8. The van der Waals surface area contributed by atoms with Crippen LogP contribution in [0.4, 0.5) is 0 Å². The summed E-state index contributed by atoms with van der Waals surface area (Å²) in [6, 6.07) is 41.3. The van der Waals surface area contributed by atoms with E-state index in [0.29, 0.717) is 0 Å². The van der Waals surface area contributed by atoms with Gasteiger partial charge in [0.15, 0.2) is 0 Å². The summed E-state index contributed by atoms with van der Waals surface area (Å²) in [5, 5.41) is 5.21. The largest absolute Gasteiger partial charge is 0.324 e. The maximum Gasteiger partial charge on any atom is 0.0548 e. The molecule has 168 valence electrons. The Morgan fingerprint density at radius 3 is 2.26 bits per heavy atom. The van der Waals surface area contributed by atoms with Gasteiger partial charge in [-0.1, -0.05) is 78.9 Å². The van der Waals surface area contributed by atoms with Crippen molar-refractivity contribution in [2.24, 2.45) is 5.73 Å². The van der Waals surface area contributed by atoms with Crippen LogP contribution in [0.25, 0.3) is 47.7 Å². The summed E-state index contributed by atoms with van der Waals surface area (Å²) in [5.74, 6) is 0. The van der Waals surface area contributed by atoms with E-state index in [0.717, 1.165) is 17.7 Å². The molecule has 0 aliphatic carbocycles. The van der Waals surface area contributed by atoms with Crippen molar-refractivity contribution in [3.8, 4) is 5.69 Å². The average molecular weight is 469 g/mol. The molecule has 0 aliphatic rings. The van der Waals surface area contributed by atoms with Gasteiger partial charge < -0.3 is 10.3 Å². The van der Waals surface area contributed by atoms with Crippen LogP contribution in [0.15, 0.2) is 115 Å². The number of hydrogen-bond donors (Lipinski definition) is 1. The SMILES string of the molecule is N[C@H](Cc1ccccc1)c1cccc(-n2c3ccccc3c3cc4sc5ccccc5c4cc32)c1. The fraction of sp³-hybridized carbons (Fsp3) is 0.0625. The second kappa shape index (κ2) is 8.09. The van der Waals surface area contributed by atoms with Gasteiger partial charge in [-0.05, 0) is 53.9 Å². The molecule has 5 aromatic carbocycles. The summed E-state index contributed by atoms with van der Waals surface area (Å²) in [6.07, 6.45) is 0.818. The second-order valence-electron chi connectivity index (χ2n) is 9.21. The van der Waals surface area contributed by atoms with E-state index in [1.165, 1.54) is 47.5 Å². The predicted octanol–water partition coefficient (Wildman–Crippen LogP) is 8.39. The van der Waals surface area contributed by atoms with Crippen LogP contribution in [0.2, 0.25) is 0 Å². The molecule has 35 heavy (non-hydrogen) atoms. The number of para-hydroxylation sites is 1. The number of nitrogens with two attached hydrogens (primary N) is 1. The van der Waals surface area contributed by atoms with E-state index in [2.05, 4.69) is 114 Å². The maximum absolute atomic E-state index is 6.69. The van der Waals surface area contributed by atoms with Crippen molar-refractivity contribution >= 4 is 53.3 Å². The smallest absolute Gasteiger partial charge is 0.0548 e. The molecule has 0 unspecified atom stereocenters. The molecule has 0 saturated carbocycles. The Morgan fingerprint density at radius 1 is 0.600 bits per heavy atom. The summed E-state index contributed by atoms with van der Waals surface area (Å²) in [6.45, 7) is 0. The first-order valence-electron chi connectivity index (χ1n) is 12.0. The van der Waals surface area contributed by atoms with Gasteiger partial charge in [0.1, 0.15) is 0 Å². The van der Waals surface area contributed by atoms with Crippen LogP contribution in [0, 0.1) is 0 Å². The van der Waals surface area contributed by atoms with E-state index in [9.17, 15) is 0 Å². The zero-order valence-electron chi connectivity index (χ0n) is 19.2. The highest BCUT2D eigenvalue weighted by Gasteiger charge is 2.16. The minimum Gasteiger partial charge on any atom is -0.324 e. The maximum atomic E-state index is 6.69. The first kappa shape index (κ1) is 20.5. The van der Waals surface area contributed by atoms with Gasteiger partial charge in [-0.15, -0.1) is 11.3 Å². The van der Waals surface area contributed by atoms with Gasteiger partial charge in [-0.2, -0.15) is 0 Å². The standard InChI is InChI=1S/C32H24N2S/c33-28(17-21-9-2-1-3-10-21)22-11-8-12-23(18-22)34-29-15-6-4-13-24(29)26-20-32-27(19-30(26)34)25-14-5-7-16-31(25)35-32/h1-16,18-20,28H,17,33H2/t28-/m1/s1. The van der Waals surface area contributed by atoms with Crippen molar-refractivity contribution in [1.29, 1.82) is 0 Å². The van der Waals surface area contributed by atoms with E-state index in [-0.39, 0.29) is 6.04 Å². The van der Waals surface area contributed by atoms with Gasteiger partial charge in [-0.3, -0.25) is 0 Å². The molecule has 0 saturated heterocycles. The molecule has 0 amide bonds. The topological polar surface area (TPSA) is 30.9 Å². The van der Waals surface area contributed by atoms with Gasteiger partial charge in [0.2, 0.25) is 0 Å². The molecule has 2 N–H and O–H groups in total. The Bertz CT molecular complexity index is 1840. The summed E-state index contributed by atoms with van der Waals surface area (Å²) in [4.78, 5) is 0. The summed E-state index contributed by atoms with van der Waals surface area (Å²) < 4.78 is 5.06. The van der Waals surface area contributed by atoms with Crippen LogP contribution in [0.5, 0.6) is 0 Å². The lowest BCUT2D eigenvalue weighted by atomic mass is 9.99. The quantitative estimate of drug-likeness (QED) is 0.276. The Balaban J connectivity index is 1.44. The van der Waals surface area contributed by atoms with Crippen molar-refractivity contribution in [1.82, 2.24) is 4.57 Å². The number of thiophene rings is 1. The molecule has 0 radical (unpaired) electrons. The van der Waals surface area contributed by atoms with E-state index >= 15 is 0 Å². The zero-order chi connectivity index (χ0) is 23.4. The van der Waals surface area contributed by atoms with E-state index in [1.807, 2.05) is 17.4 Å². The third kappa shape index (κ3) is 3.35. The first-order chi connectivity index (χ1) is 17.3. The summed E-state index contributed by atoms with van der Waals surface area (Å²) >= 11 is 1.87. The minimum absolute atomic E-state index is 0.0574. The number of benzene rings is 5. The van der Waals surface area contributed by atoms with E-state index < -0.39 is 0 Å². The molecule has 0 bridgehead atoms. The van der Waals surface area contributed by atoms with Crippen LogP contribution < -0.4 is 5.73 Å². The van der Waals surface area contributed by atoms with Gasteiger partial charge in [0, 0.05) is 42.7 Å². The Hall–Kier alpha value is -3.92. The highest BCUT2D eigenvalue weighted by molar-refractivity contribution is 7.25. The third-order valence-electron chi connectivity index (χ3n) is 7.03. The van der Waals surface area contributed by atoms with Gasteiger partial charge >= 0.3 is 0 Å². The van der Waals surface area contributed by atoms with Crippen molar-refractivity contribution in [2.75, 3.05) is 0 Å². The second-order valence-corrected chi connectivity index (χ2v) is 10.3. The number of hydrogen-bond acceptors (Lipinski definition) is 2. The number of rotatable bonds is 4. The average Bonchev–Trinajstić information content (AvgIpc) is 3.43. The van der Waals surface area contributed by atoms with Gasteiger partial charge in [0.25, 0.3) is 0 Å². The number of nitrogens with zero attached hydrogens (tertiary/aromatic N) is 1. The highest BCUT2D eigenvalue weighted by Crippen LogP contribution is 2.40. The Kier molecular flexibility index (Phi) is 4.73. The molecular formula is C32H24N2S. The van der Waals surface area contributed by atoms with Crippen molar-refractivity contribution in [3.05, 3.63) is 126 Å².